The second-order valence-electron chi connectivity index (χ2n) is 8.76. The van der Waals surface area contributed by atoms with E-state index >= 15 is 0 Å². The van der Waals surface area contributed by atoms with E-state index in [9.17, 15) is 26.4 Å². The van der Waals surface area contributed by atoms with Crippen molar-refractivity contribution in [2.45, 2.75) is 46.4 Å². The van der Waals surface area contributed by atoms with Gasteiger partial charge in [0.05, 0.1) is 16.2 Å². The van der Waals surface area contributed by atoms with E-state index in [-0.39, 0.29) is 26.8 Å². The topological polar surface area (TPSA) is 78.5 Å². The van der Waals surface area contributed by atoms with Gasteiger partial charge in [-0.25, -0.2) is 8.42 Å². The highest BCUT2D eigenvalue weighted by Crippen LogP contribution is 2.33. The second-order valence-corrected chi connectivity index (χ2v) is 13.9. The first-order chi connectivity index (χ1) is 17.9. The molecule has 1 amide bonds. The summed E-state index contributed by atoms with van der Waals surface area (Å²) in [4.78, 5) is 13.0. The third kappa shape index (κ3) is 7.27. The molecule has 1 saturated heterocycles. The van der Waals surface area contributed by atoms with Gasteiger partial charge in [0.15, 0.2) is 0 Å². The van der Waals surface area contributed by atoms with Crippen molar-refractivity contribution in [3.05, 3.63) is 87.3 Å². The molecule has 0 saturated carbocycles. The number of halogens is 5. The quantitative estimate of drug-likeness (QED) is 0.171. The van der Waals surface area contributed by atoms with Crippen LogP contribution in [0.15, 0.2) is 64.9 Å². The zero-order valence-electron chi connectivity index (χ0n) is 19.8. The molecule has 4 rings (SSSR count). The van der Waals surface area contributed by atoms with Gasteiger partial charge in [-0.3, -0.25) is 4.79 Å². The van der Waals surface area contributed by atoms with E-state index in [0.29, 0.717) is 41.4 Å². The Morgan fingerprint density at radius 2 is 1.74 bits per heavy atom. The summed E-state index contributed by atoms with van der Waals surface area (Å²) in [5, 5.41) is 6.65. The average Bonchev–Trinajstić information content (AvgIpc) is 3.36. The molecule has 2 aromatic carbocycles. The number of nitrogens with zero attached hydrogens (tertiary/aromatic N) is 1. The molecule has 1 aliphatic rings. The van der Waals surface area contributed by atoms with Gasteiger partial charge in [-0.2, -0.15) is 17.5 Å². The second kappa shape index (κ2) is 12.2. The molecule has 0 radical (unpaired) electrons. The standard InChI is InChI=1S/C25H24ClF3IN3O3S2/c26-19-7-3-17(4-8-19)24(34)32-15-21-9-10-23(37-21)38(35,36)33-12-11-20(13-22(33)30)31-14-16-1-5-18(6-2-16)25(27,28)29/h1-10,20,22,31H,11-15H2,(H,32,34). The minimum absolute atomic E-state index is 0.0348. The Balaban J connectivity index is 1.30. The van der Waals surface area contributed by atoms with Crippen LogP contribution in [0.4, 0.5) is 13.2 Å². The number of sulfonamides is 1. The van der Waals surface area contributed by atoms with Crippen molar-refractivity contribution in [2.75, 3.05) is 6.54 Å². The van der Waals surface area contributed by atoms with Gasteiger partial charge in [0.25, 0.3) is 15.9 Å². The van der Waals surface area contributed by atoms with Crippen molar-refractivity contribution >= 4 is 61.5 Å². The van der Waals surface area contributed by atoms with Gasteiger partial charge < -0.3 is 10.6 Å². The maximum Gasteiger partial charge on any atom is 0.416 e. The number of hydrogen-bond acceptors (Lipinski definition) is 5. The van der Waals surface area contributed by atoms with E-state index in [0.717, 1.165) is 29.0 Å². The lowest BCUT2D eigenvalue weighted by Crippen LogP contribution is -2.48. The lowest BCUT2D eigenvalue weighted by atomic mass is 10.1. The summed E-state index contributed by atoms with van der Waals surface area (Å²) < 4.78 is 66.3. The minimum Gasteiger partial charge on any atom is -0.347 e. The van der Waals surface area contributed by atoms with Gasteiger partial charge in [-0.15, -0.1) is 11.3 Å². The maximum absolute atomic E-state index is 13.3. The van der Waals surface area contributed by atoms with Crippen molar-refractivity contribution in [3.63, 3.8) is 0 Å². The van der Waals surface area contributed by atoms with Crippen LogP contribution >= 0.6 is 45.5 Å². The first-order valence-electron chi connectivity index (χ1n) is 11.6. The fraction of sp³-hybridized carbons (Fsp3) is 0.320. The van der Waals surface area contributed by atoms with Crippen molar-refractivity contribution in [1.29, 1.82) is 0 Å². The number of carbonyl (C=O) groups excluding carboxylic acids is 1. The number of hydrogen-bond donors (Lipinski definition) is 2. The van der Waals surface area contributed by atoms with E-state index in [4.69, 9.17) is 11.6 Å². The van der Waals surface area contributed by atoms with Gasteiger partial charge in [-0.05, 0) is 66.9 Å². The number of rotatable bonds is 8. The number of benzene rings is 2. The van der Waals surface area contributed by atoms with E-state index < -0.39 is 21.8 Å². The third-order valence-electron chi connectivity index (χ3n) is 6.10. The van der Waals surface area contributed by atoms with Crippen LogP contribution < -0.4 is 10.6 Å². The molecule has 6 nitrogen and oxygen atoms in total. The molecular formula is C25H24ClF3IN3O3S2. The fourth-order valence-electron chi connectivity index (χ4n) is 4.00. The van der Waals surface area contributed by atoms with E-state index in [1.807, 2.05) is 0 Å². The maximum atomic E-state index is 13.3. The summed E-state index contributed by atoms with van der Waals surface area (Å²) in [7, 11) is -3.71. The molecule has 0 bridgehead atoms. The smallest absolute Gasteiger partial charge is 0.347 e. The number of piperidine rings is 1. The Morgan fingerprint density at radius 1 is 1.05 bits per heavy atom. The first-order valence-corrected chi connectivity index (χ1v) is 15.5. The molecule has 3 aromatic rings. The predicted octanol–water partition coefficient (Wildman–Crippen LogP) is 6.05. The molecule has 2 N–H and O–H groups in total. The molecule has 204 valence electrons. The summed E-state index contributed by atoms with van der Waals surface area (Å²) in [5.41, 5.74) is 0.501. The van der Waals surface area contributed by atoms with Crippen molar-refractivity contribution < 1.29 is 26.4 Å². The molecule has 1 fully saturated rings. The molecule has 0 spiro atoms. The zero-order valence-corrected chi connectivity index (χ0v) is 24.4. The number of carbonyl (C=O) groups is 1. The largest absolute Gasteiger partial charge is 0.416 e. The van der Waals surface area contributed by atoms with Crippen LogP contribution in [-0.2, 0) is 29.3 Å². The van der Waals surface area contributed by atoms with Gasteiger partial charge in [0.1, 0.15) is 4.21 Å². The monoisotopic (exact) mass is 697 g/mol. The Morgan fingerprint density at radius 3 is 2.37 bits per heavy atom. The van der Waals surface area contributed by atoms with Gasteiger partial charge in [-0.1, -0.05) is 46.3 Å². The molecule has 13 heteroatoms. The Bertz CT molecular complexity index is 1370. The molecule has 2 heterocycles. The van der Waals surface area contributed by atoms with Gasteiger partial charge >= 0.3 is 6.18 Å². The Kier molecular flexibility index (Phi) is 9.41. The summed E-state index contributed by atoms with van der Waals surface area (Å²) in [6.07, 6.45) is -3.22. The predicted molar refractivity (Wildman–Crippen MR) is 150 cm³/mol. The summed E-state index contributed by atoms with van der Waals surface area (Å²) in [5.74, 6) is -0.280. The van der Waals surface area contributed by atoms with Crippen LogP contribution in [0.25, 0.3) is 0 Å². The lowest BCUT2D eigenvalue weighted by Gasteiger charge is -2.35. The Labute approximate surface area is 241 Å². The highest BCUT2D eigenvalue weighted by Gasteiger charge is 2.36. The zero-order chi connectivity index (χ0) is 27.5. The number of nitrogens with one attached hydrogen (secondary N) is 2. The average molecular weight is 698 g/mol. The molecule has 1 aliphatic heterocycles. The minimum atomic E-state index is -4.37. The summed E-state index contributed by atoms with van der Waals surface area (Å²) >= 11 is 9.09. The Hall–Kier alpha value is -1.71. The lowest BCUT2D eigenvalue weighted by molar-refractivity contribution is -0.137. The van der Waals surface area contributed by atoms with Crippen LogP contribution in [0.5, 0.6) is 0 Å². The molecule has 38 heavy (non-hydrogen) atoms. The molecule has 2 unspecified atom stereocenters. The van der Waals surface area contributed by atoms with Crippen molar-refractivity contribution in [2.24, 2.45) is 0 Å². The normalized spacial score (nSPS) is 18.9. The van der Waals surface area contributed by atoms with Crippen molar-refractivity contribution in [1.82, 2.24) is 14.9 Å². The molecular weight excluding hydrogens is 674 g/mol. The summed E-state index contributed by atoms with van der Waals surface area (Å²) in [6, 6.07) is 14.8. The van der Waals surface area contributed by atoms with Gasteiger partial charge in [0.2, 0.25) is 0 Å². The SMILES string of the molecule is O=C(NCc1ccc(S(=O)(=O)N2CCC(NCc3ccc(C(F)(F)F)cc3)CC2I)s1)c1ccc(Cl)cc1. The van der Waals surface area contributed by atoms with Crippen LogP contribution in [0.2, 0.25) is 5.02 Å². The number of thiophene rings is 1. The highest BCUT2D eigenvalue weighted by atomic mass is 127. The highest BCUT2D eigenvalue weighted by molar-refractivity contribution is 14.1. The van der Waals surface area contributed by atoms with Gasteiger partial charge in [0, 0.05) is 34.6 Å². The molecule has 0 aliphatic carbocycles. The third-order valence-corrected chi connectivity index (χ3v) is 11.4. The number of amides is 1. The summed E-state index contributed by atoms with van der Waals surface area (Å²) in [6.45, 7) is 0.918. The van der Waals surface area contributed by atoms with Crippen molar-refractivity contribution in [3.8, 4) is 0 Å². The van der Waals surface area contributed by atoms with Crippen LogP contribution in [0, 0.1) is 0 Å². The number of alkyl halides is 4. The molecule has 2 atom stereocenters. The van der Waals surface area contributed by atoms with E-state index in [1.54, 1.807) is 36.4 Å². The van der Waals surface area contributed by atoms with Crippen LogP contribution in [0.1, 0.15) is 39.2 Å². The van der Waals surface area contributed by atoms with E-state index in [1.165, 1.54) is 16.4 Å². The fourth-order valence-corrected chi connectivity index (χ4v) is 8.83. The molecule has 1 aromatic heterocycles. The van der Waals surface area contributed by atoms with Crippen LogP contribution in [0.3, 0.4) is 0 Å². The van der Waals surface area contributed by atoms with E-state index in [2.05, 4.69) is 33.2 Å². The first kappa shape index (κ1) is 29.3. The van der Waals surface area contributed by atoms with Crippen LogP contribution in [-0.4, -0.2) is 35.3 Å².